The summed E-state index contributed by atoms with van der Waals surface area (Å²) in [6, 6.07) is 10.3. The lowest BCUT2D eigenvalue weighted by molar-refractivity contribution is 0.475. The molecule has 108 valence electrons. The summed E-state index contributed by atoms with van der Waals surface area (Å²) in [6.07, 6.45) is 0.736. The van der Waals surface area contributed by atoms with Gasteiger partial charge in [-0.3, -0.25) is 0 Å². The highest BCUT2D eigenvalue weighted by molar-refractivity contribution is 7.89. The summed E-state index contributed by atoms with van der Waals surface area (Å²) in [5, 5.41) is 0. The minimum Gasteiger partial charge on any atom is -0.465 e. The highest BCUT2D eigenvalue weighted by Gasteiger charge is 2.14. The van der Waals surface area contributed by atoms with Crippen LogP contribution in [0.3, 0.4) is 0 Å². The number of hydrogen-bond acceptors (Lipinski definition) is 4. The first kappa shape index (κ1) is 14.8. The molecule has 0 aliphatic carbocycles. The third kappa shape index (κ3) is 3.69. The van der Waals surface area contributed by atoms with Crippen molar-refractivity contribution < 1.29 is 12.8 Å². The second kappa shape index (κ2) is 6.21. The second-order valence-corrected chi connectivity index (χ2v) is 6.29. The molecule has 6 heteroatoms. The first-order valence-corrected chi connectivity index (χ1v) is 7.83. The van der Waals surface area contributed by atoms with Crippen molar-refractivity contribution in [2.75, 3.05) is 6.54 Å². The minimum atomic E-state index is -3.52. The Morgan fingerprint density at radius 2 is 1.85 bits per heavy atom. The number of furan rings is 1. The molecule has 0 atom stereocenters. The Bertz CT molecular complexity index is 660. The van der Waals surface area contributed by atoms with Crippen LogP contribution >= 0.6 is 0 Å². The van der Waals surface area contributed by atoms with E-state index in [0.717, 1.165) is 17.7 Å². The Morgan fingerprint density at radius 3 is 2.40 bits per heavy atom. The van der Waals surface area contributed by atoms with Crippen molar-refractivity contribution in [1.82, 2.24) is 4.72 Å². The average Bonchev–Trinajstić information content (AvgIpc) is 2.84. The van der Waals surface area contributed by atoms with Gasteiger partial charge in [-0.05, 0) is 49.7 Å². The average molecular weight is 294 g/mol. The van der Waals surface area contributed by atoms with Gasteiger partial charge in [0.1, 0.15) is 11.5 Å². The molecular formula is C14H18N2O3S. The molecule has 0 saturated heterocycles. The normalized spacial score (nSPS) is 11.7. The van der Waals surface area contributed by atoms with Crippen molar-refractivity contribution in [2.45, 2.75) is 24.8 Å². The number of hydrogen-bond donors (Lipinski definition) is 2. The summed E-state index contributed by atoms with van der Waals surface area (Å²) in [6.45, 7) is 2.50. The van der Waals surface area contributed by atoms with E-state index >= 15 is 0 Å². The van der Waals surface area contributed by atoms with Gasteiger partial charge in [-0.1, -0.05) is 12.1 Å². The van der Waals surface area contributed by atoms with Gasteiger partial charge in [0.05, 0.1) is 11.4 Å². The van der Waals surface area contributed by atoms with Gasteiger partial charge in [0.15, 0.2) is 0 Å². The van der Waals surface area contributed by atoms with E-state index in [1.165, 1.54) is 0 Å². The molecule has 0 unspecified atom stereocenters. The molecule has 0 bridgehead atoms. The lowest BCUT2D eigenvalue weighted by atomic mass is 10.2. The second-order valence-electron chi connectivity index (χ2n) is 4.52. The van der Waals surface area contributed by atoms with Gasteiger partial charge in [-0.25, -0.2) is 13.1 Å². The van der Waals surface area contributed by atoms with Crippen LogP contribution in [0.4, 0.5) is 0 Å². The summed E-state index contributed by atoms with van der Waals surface area (Å²) in [7, 11) is -3.52. The third-order valence-corrected chi connectivity index (χ3v) is 4.32. The van der Waals surface area contributed by atoms with Crippen molar-refractivity contribution >= 4 is 10.0 Å². The highest BCUT2D eigenvalue weighted by atomic mass is 32.2. The highest BCUT2D eigenvalue weighted by Crippen LogP contribution is 2.12. The monoisotopic (exact) mass is 294 g/mol. The molecule has 2 rings (SSSR count). The molecule has 0 aliphatic rings. The van der Waals surface area contributed by atoms with Crippen LogP contribution in [-0.4, -0.2) is 15.0 Å². The van der Waals surface area contributed by atoms with Gasteiger partial charge >= 0.3 is 0 Å². The van der Waals surface area contributed by atoms with Crippen molar-refractivity contribution in [2.24, 2.45) is 5.73 Å². The Kier molecular flexibility index (Phi) is 4.59. The first-order chi connectivity index (χ1) is 9.51. The Morgan fingerprint density at radius 1 is 1.15 bits per heavy atom. The summed E-state index contributed by atoms with van der Waals surface area (Å²) in [5.41, 5.74) is 6.48. The summed E-state index contributed by atoms with van der Waals surface area (Å²) >= 11 is 0. The molecule has 1 aromatic heterocycles. The van der Waals surface area contributed by atoms with Crippen LogP contribution in [0.5, 0.6) is 0 Å². The van der Waals surface area contributed by atoms with Crippen LogP contribution in [0.2, 0.25) is 0 Å². The van der Waals surface area contributed by atoms with Gasteiger partial charge < -0.3 is 10.2 Å². The predicted octanol–water partition coefficient (Wildman–Crippen LogP) is 1.57. The molecule has 0 fully saturated rings. The Hall–Kier alpha value is -1.63. The maximum atomic E-state index is 12.1. The Labute approximate surface area is 118 Å². The van der Waals surface area contributed by atoms with E-state index in [0.29, 0.717) is 12.3 Å². The largest absolute Gasteiger partial charge is 0.465 e. The number of benzene rings is 1. The van der Waals surface area contributed by atoms with Crippen molar-refractivity contribution in [3.05, 3.63) is 53.5 Å². The van der Waals surface area contributed by atoms with Crippen molar-refractivity contribution in [3.8, 4) is 0 Å². The maximum Gasteiger partial charge on any atom is 0.240 e. The SMILES string of the molecule is Cc1ccc(CNS(=O)(=O)c2ccc(CCN)cc2)o1. The van der Waals surface area contributed by atoms with E-state index in [4.69, 9.17) is 10.2 Å². The molecule has 2 aromatic rings. The number of rotatable bonds is 6. The molecule has 5 nitrogen and oxygen atoms in total. The molecule has 3 N–H and O–H groups in total. The molecule has 0 spiro atoms. The molecule has 0 radical (unpaired) electrons. The smallest absolute Gasteiger partial charge is 0.240 e. The molecular weight excluding hydrogens is 276 g/mol. The predicted molar refractivity (Wildman–Crippen MR) is 76.7 cm³/mol. The van der Waals surface area contributed by atoms with Gasteiger partial charge in [0.25, 0.3) is 0 Å². The molecule has 20 heavy (non-hydrogen) atoms. The third-order valence-electron chi connectivity index (χ3n) is 2.90. The van der Waals surface area contributed by atoms with E-state index < -0.39 is 10.0 Å². The quantitative estimate of drug-likeness (QED) is 0.847. The molecule has 1 aromatic carbocycles. The number of nitrogens with one attached hydrogen (secondary N) is 1. The fourth-order valence-corrected chi connectivity index (χ4v) is 2.82. The van der Waals surface area contributed by atoms with Gasteiger partial charge in [0.2, 0.25) is 10.0 Å². The lowest BCUT2D eigenvalue weighted by Crippen LogP contribution is -2.23. The fourth-order valence-electron chi connectivity index (χ4n) is 1.83. The van der Waals surface area contributed by atoms with Crippen molar-refractivity contribution in [3.63, 3.8) is 0 Å². The van der Waals surface area contributed by atoms with Crippen LogP contribution in [0.15, 0.2) is 45.7 Å². The topological polar surface area (TPSA) is 85.3 Å². The van der Waals surface area contributed by atoms with Gasteiger partial charge in [-0.2, -0.15) is 0 Å². The minimum absolute atomic E-state index is 0.140. The van der Waals surface area contributed by atoms with Crippen LogP contribution in [0, 0.1) is 6.92 Å². The number of nitrogens with two attached hydrogens (primary N) is 1. The van der Waals surface area contributed by atoms with E-state index in [2.05, 4.69) is 4.72 Å². The van der Waals surface area contributed by atoms with Crippen LogP contribution in [0.1, 0.15) is 17.1 Å². The summed E-state index contributed by atoms with van der Waals surface area (Å²) in [5.74, 6) is 1.34. The number of aryl methyl sites for hydroxylation is 1. The van der Waals surface area contributed by atoms with E-state index in [9.17, 15) is 8.42 Å². The summed E-state index contributed by atoms with van der Waals surface area (Å²) in [4.78, 5) is 0.238. The molecule has 0 amide bonds. The molecule has 0 aliphatic heterocycles. The van der Waals surface area contributed by atoms with Crippen LogP contribution in [-0.2, 0) is 23.0 Å². The van der Waals surface area contributed by atoms with Gasteiger partial charge in [-0.15, -0.1) is 0 Å². The van der Waals surface area contributed by atoms with E-state index in [1.54, 1.807) is 36.4 Å². The maximum absolute atomic E-state index is 12.1. The van der Waals surface area contributed by atoms with Crippen molar-refractivity contribution in [1.29, 1.82) is 0 Å². The van der Waals surface area contributed by atoms with Gasteiger partial charge in [0, 0.05) is 0 Å². The zero-order valence-corrected chi connectivity index (χ0v) is 12.1. The first-order valence-electron chi connectivity index (χ1n) is 6.35. The lowest BCUT2D eigenvalue weighted by Gasteiger charge is -2.06. The molecule has 0 saturated carbocycles. The fraction of sp³-hybridized carbons (Fsp3) is 0.286. The zero-order valence-electron chi connectivity index (χ0n) is 11.3. The van der Waals surface area contributed by atoms with Crippen LogP contribution in [0.25, 0.3) is 0 Å². The zero-order chi connectivity index (χ0) is 14.6. The number of sulfonamides is 1. The standard InChI is InChI=1S/C14H18N2O3S/c1-11-2-5-13(19-11)10-16-20(17,18)14-6-3-12(4-7-14)8-9-15/h2-7,16H,8-10,15H2,1H3. The summed E-state index contributed by atoms with van der Waals surface area (Å²) < 4.78 is 32.0. The molecule has 1 heterocycles. The van der Waals surface area contributed by atoms with E-state index in [1.807, 2.05) is 6.92 Å². The van der Waals surface area contributed by atoms with E-state index in [-0.39, 0.29) is 11.4 Å². The van der Waals surface area contributed by atoms with Crippen LogP contribution < -0.4 is 10.5 Å². The Balaban J connectivity index is 2.05.